The van der Waals surface area contributed by atoms with Crippen LogP contribution >= 0.6 is 27.5 Å². The number of amides is 1. The number of hydrogen-bond donors (Lipinski definition) is 0. The van der Waals surface area contributed by atoms with Gasteiger partial charge in [0.25, 0.3) is 5.91 Å². The molecule has 1 aliphatic heterocycles. The first-order valence-electron chi connectivity index (χ1n) is 10.9. The Labute approximate surface area is 206 Å². The van der Waals surface area contributed by atoms with Crippen LogP contribution in [-0.2, 0) is 9.59 Å². The Balaban J connectivity index is 1.74. The van der Waals surface area contributed by atoms with Crippen molar-refractivity contribution in [3.63, 3.8) is 0 Å². The van der Waals surface area contributed by atoms with Crippen LogP contribution in [0.1, 0.15) is 42.7 Å². The van der Waals surface area contributed by atoms with Crippen LogP contribution in [0.15, 0.2) is 88.4 Å². The predicted molar refractivity (Wildman–Crippen MR) is 135 cm³/mol. The number of ketones is 1. The van der Waals surface area contributed by atoms with Gasteiger partial charge in [-0.1, -0.05) is 76.1 Å². The Bertz CT molecular complexity index is 1260. The van der Waals surface area contributed by atoms with E-state index < -0.39 is 11.3 Å². The molecule has 1 heterocycles. The molecule has 0 N–H and O–H groups in total. The zero-order valence-corrected chi connectivity index (χ0v) is 20.4. The van der Waals surface area contributed by atoms with Crippen LogP contribution in [0.3, 0.4) is 0 Å². The molecule has 1 saturated carbocycles. The number of benzene rings is 3. The number of para-hydroxylation sites is 1. The van der Waals surface area contributed by atoms with Crippen molar-refractivity contribution in [1.82, 2.24) is 0 Å². The van der Waals surface area contributed by atoms with Crippen molar-refractivity contribution in [2.24, 2.45) is 10.5 Å². The van der Waals surface area contributed by atoms with Gasteiger partial charge in [0.2, 0.25) is 0 Å². The topological polar surface area (TPSA) is 49.7 Å². The lowest BCUT2D eigenvalue weighted by molar-refractivity contribution is -0.131. The van der Waals surface area contributed by atoms with Crippen molar-refractivity contribution in [2.75, 3.05) is 5.01 Å². The van der Waals surface area contributed by atoms with E-state index in [9.17, 15) is 9.59 Å². The van der Waals surface area contributed by atoms with Crippen LogP contribution in [0, 0.1) is 5.41 Å². The Hall–Kier alpha value is -2.76. The summed E-state index contributed by atoms with van der Waals surface area (Å²) < 4.78 is 0.944. The van der Waals surface area contributed by atoms with Crippen LogP contribution in [-0.4, -0.2) is 17.4 Å². The van der Waals surface area contributed by atoms with Crippen LogP contribution in [0.2, 0.25) is 5.02 Å². The number of anilines is 1. The van der Waals surface area contributed by atoms with Crippen molar-refractivity contribution in [3.05, 3.63) is 99.5 Å². The quantitative estimate of drug-likeness (QED) is 0.383. The summed E-state index contributed by atoms with van der Waals surface area (Å²) in [5.41, 5.74) is 2.17. The van der Waals surface area contributed by atoms with Crippen molar-refractivity contribution in [2.45, 2.75) is 31.6 Å². The molecule has 1 amide bonds. The third-order valence-electron chi connectivity index (χ3n) is 6.91. The third kappa shape index (κ3) is 3.54. The highest BCUT2D eigenvalue weighted by Crippen LogP contribution is 2.59. The van der Waals surface area contributed by atoms with Gasteiger partial charge in [0.15, 0.2) is 0 Å². The lowest BCUT2D eigenvalue weighted by atomic mass is 9.54. The van der Waals surface area contributed by atoms with Gasteiger partial charge in [-0.2, -0.15) is 10.1 Å². The van der Waals surface area contributed by atoms with Gasteiger partial charge in [0.1, 0.15) is 11.2 Å². The fraction of sp³-hybridized carbons (Fsp3) is 0.222. The van der Waals surface area contributed by atoms with Crippen molar-refractivity contribution < 1.29 is 9.59 Å². The van der Waals surface area contributed by atoms with Gasteiger partial charge in [-0.3, -0.25) is 9.59 Å². The van der Waals surface area contributed by atoms with Crippen LogP contribution < -0.4 is 5.01 Å². The second-order valence-electron chi connectivity index (χ2n) is 8.63. The molecule has 33 heavy (non-hydrogen) atoms. The number of hydrogen-bond acceptors (Lipinski definition) is 3. The normalized spacial score (nSPS) is 24.9. The Kier molecular flexibility index (Phi) is 5.71. The number of rotatable bonds is 3. The Morgan fingerprint density at radius 2 is 1.55 bits per heavy atom. The van der Waals surface area contributed by atoms with E-state index >= 15 is 0 Å². The molecule has 3 aromatic rings. The maximum atomic E-state index is 14.4. The van der Waals surface area contributed by atoms with E-state index in [-0.39, 0.29) is 30.4 Å². The SMILES string of the molecule is CC1=NN(c2ccccc2)C(=O)[C@@]12[C@H](c1ccc(Br)cc1)CC(=O)C[C@H]2c1ccccc1Cl. The molecule has 0 aromatic heterocycles. The van der Waals surface area contributed by atoms with Gasteiger partial charge in [-0.05, 0) is 48.4 Å². The summed E-state index contributed by atoms with van der Waals surface area (Å²) >= 11 is 10.1. The third-order valence-corrected chi connectivity index (χ3v) is 7.78. The first-order valence-corrected chi connectivity index (χ1v) is 12.1. The summed E-state index contributed by atoms with van der Waals surface area (Å²) in [6, 6.07) is 24.8. The molecule has 3 atom stereocenters. The molecule has 5 rings (SSSR count). The molecule has 1 spiro atoms. The first kappa shape index (κ1) is 22.1. The summed E-state index contributed by atoms with van der Waals surface area (Å²) in [7, 11) is 0. The molecular formula is C27H22BrClN2O2. The largest absolute Gasteiger partial charge is 0.300 e. The number of halogens is 2. The summed E-state index contributed by atoms with van der Waals surface area (Å²) in [5.74, 6) is -0.752. The minimum atomic E-state index is -1.01. The maximum absolute atomic E-state index is 14.4. The fourth-order valence-electron chi connectivity index (χ4n) is 5.45. The minimum absolute atomic E-state index is 0.114. The van der Waals surface area contributed by atoms with Crippen LogP contribution in [0.4, 0.5) is 5.69 Å². The average molecular weight is 522 g/mol. The predicted octanol–water partition coefficient (Wildman–Crippen LogP) is 6.74. The second kappa shape index (κ2) is 8.54. The minimum Gasteiger partial charge on any atom is -0.300 e. The van der Waals surface area contributed by atoms with Gasteiger partial charge in [0, 0.05) is 34.2 Å². The lowest BCUT2D eigenvalue weighted by Gasteiger charge is -2.46. The van der Waals surface area contributed by atoms with Crippen molar-refractivity contribution in [3.8, 4) is 0 Å². The molecule has 1 fully saturated rings. The standard InChI is InChI=1S/C27H22BrClN2O2/c1-17-27(26(33)31(30-17)20-7-3-2-4-8-20)23(18-11-13-19(28)14-12-18)15-21(32)16-24(27)22-9-5-6-10-25(22)29/h2-14,23-24H,15-16H2,1H3/t23-,24-,27+/m0/s1. The highest BCUT2D eigenvalue weighted by molar-refractivity contribution is 9.10. The highest BCUT2D eigenvalue weighted by atomic mass is 79.9. The number of hydrazone groups is 1. The van der Waals surface area contributed by atoms with Gasteiger partial charge >= 0.3 is 0 Å². The molecule has 0 saturated heterocycles. The number of Topliss-reactive ketones (excluding diaryl/α,β-unsaturated/α-hetero) is 1. The maximum Gasteiger partial charge on any atom is 0.260 e. The van der Waals surface area contributed by atoms with Gasteiger partial charge in [-0.25, -0.2) is 0 Å². The molecule has 0 bridgehead atoms. The van der Waals surface area contributed by atoms with Crippen LogP contribution in [0.5, 0.6) is 0 Å². The summed E-state index contributed by atoms with van der Waals surface area (Å²) in [6.07, 6.45) is 0.530. The lowest BCUT2D eigenvalue weighted by Crippen LogP contribution is -2.52. The van der Waals surface area contributed by atoms with E-state index in [1.165, 1.54) is 5.01 Å². The number of nitrogens with zero attached hydrogens (tertiary/aromatic N) is 2. The van der Waals surface area contributed by atoms with E-state index in [4.69, 9.17) is 16.7 Å². The van der Waals surface area contributed by atoms with Gasteiger partial charge in [-0.15, -0.1) is 0 Å². The molecule has 4 nitrogen and oxygen atoms in total. The molecule has 166 valence electrons. The van der Waals surface area contributed by atoms with Crippen molar-refractivity contribution in [1.29, 1.82) is 0 Å². The van der Waals surface area contributed by atoms with E-state index in [2.05, 4.69) is 15.9 Å². The van der Waals surface area contributed by atoms with Crippen LogP contribution in [0.25, 0.3) is 0 Å². The molecule has 2 aliphatic rings. The fourth-order valence-corrected chi connectivity index (χ4v) is 5.98. The summed E-state index contributed by atoms with van der Waals surface area (Å²) in [5, 5.41) is 6.84. The molecule has 6 heteroatoms. The molecular weight excluding hydrogens is 500 g/mol. The van der Waals surface area contributed by atoms with E-state index in [0.717, 1.165) is 15.6 Å². The number of carbonyl (C=O) groups excluding carboxylic acids is 2. The number of carbonyl (C=O) groups is 2. The highest BCUT2D eigenvalue weighted by Gasteiger charge is 2.62. The smallest absolute Gasteiger partial charge is 0.260 e. The van der Waals surface area contributed by atoms with E-state index in [1.807, 2.05) is 85.8 Å². The first-order chi connectivity index (χ1) is 15.9. The summed E-state index contributed by atoms with van der Waals surface area (Å²) in [6.45, 7) is 1.91. The zero-order chi connectivity index (χ0) is 23.2. The average Bonchev–Trinajstić information content (AvgIpc) is 3.08. The monoisotopic (exact) mass is 520 g/mol. The molecule has 1 aliphatic carbocycles. The van der Waals surface area contributed by atoms with Crippen molar-refractivity contribution >= 4 is 50.6 Å². The summed E-state index contributed by atoms with van der Waals surface area (Å²) in [4.78, 5) is 27.5. The second-order valence-corrected chi connectivity index (χ2v) is 9.95. The zero-order valence-electron chi connectivity index (χ0n) is 18.0. The van der Waals surface area contributed by atoms with E-state index in [0.29, 0.717) is 16.4 Å². The molecule has 0 radical (unpaired) electrons. The van der Waals surface area contributed by atoms with Gasteiger partial charge < -0.3 is 0 Å². The Morgan fingerprint density at radius 1 is 0.909 bits per heavy atom. The van der Waals surface area contributed by atoms with E-state index in [1.54, 1.807) is 0 Å². The molecule has 3 aromatic carbocycles. The Morgan fingerprint density at radius 3 is 2.24 bits per heavy atom. The van der Waals surface area contributed by atoms with Gasteiger partial charge in [0.05, 0.1) is 11.4 Å². The molecule has 0 unspecified atom stereocenters.